The zero-order valence-corrected chi connectivity index (χ0v) is 10.5. The van der Waals surface area contributed by atoms with Gasteiger partial charge in [0.25, 0.3) is 0 Å². The molecule has 0 radical (unpaired) electrons. The van der Waals surface area contributed by atoms with Crippen molar-refractivity contribution < 1.29 is 4.92 Å². The second kappa shape index (κ2) is 7.43. The summed E-state index contributed by atoms with van der Waals surface area (Å²) in [4.78, 5) is 10.1. The lowest BCUT2D eigenvalue weighted by Crippen LogP contribution is -2.16. The summed E-state index contributed by atoms with van der Waals surface area (Å²) in [5.41, 5.74) is 0.977. The van der Waals surface area contributed by atoms with Crippen molar-refractivity contribution in [3.63, 3.8) is 0 Å². The molecule has 1 heterocycles. The van der Waals surface area contributed by atoms with Crippen LogP contribution in [0.4, 0.5) is 5.00 Å². The van der Waals surface area contributed by atoms with Gasteiger partial charge in [0, 0.05) is 36.0 Å². The van der Waals surface area contributed by atoms with Crippen molar-refractivity contribution in [3.8, 4) is 0 Å². The fourth-order valence-corrected chi connectivity index (χ4v) is 2.45. The molecule has 0 saturated heterocycles. The predicted molar refractivity (Wildman–Crippen MR) is 70.2 cm³/mol. The van der Waals surface area contributed by atoms with E-state index in [1.54, 1.807) is 6.07 Å². The molecule has 0 saturated carbocycles. The molecule has 16 heavy (non-hydrogen) atoms. The molecule has 0 aromatic carbocycles. The van der Waals surface area contributed by atoms with E-state index in [4.69, 9.17) is 0 Å². The van der Waals surface area contributed by atoms with Gasteiger partial charge in [-0.3, -0.25) is 10.1 Å². The van der Waals surface area contributed by atoms with Crippen molar-refractivity contribution in [2.24, 2.45) is 0 Å². The number of hydrogen-bond acceptors (Lipinski definition) is 5. The molecular weight excluding hydrogens is 244 g/mol. The Morgan fingerprint density at radius 1 is 1.69 bits per heavy atom. The molecule has 0 fully saturated rings. The molecule has 0 aliphatic rings. The molecular formula is C10H14N2O2S2. The van der Waals surface area contributed by atoms with E-state index in [1.807, 2.05) is 23.2 Å². The smallest absolute Gasteiger partial charge is 0.312 e. The highest BCUT2D eigenvalue weighted by Gasteiger charge is 2.08. The first-order valence-electron chi connectivity index (χ1n) is 4.85. The van der Waals surface area contributed by atoms with E-state index >= 15 is 0 Å². The average molecular weight is 258 g/mol. The fraction of sp³-hybridized carbons (Fsp3) is 0.400. The van der Waals surface area contributed by atoms with Gasteiger partial charge in [0.05, 0.1) is 4.92 Å². The number of thioether (sulfide) groups is 1. The zero-order chi connectivity index (χ0) is 11.8. The molecule has 1 aromatic rings. The van der Waals surface area contributed by atoms with Crippen LogP contribution in [0.2, 0.25) is 0 Å². The molecule has 0 atom stereocenters. The minimum absolute atomic E-state index is 0.206. The van der Waals surface area contributed by atoms with Crippen LogP contribution in [-0.4, -0.2) is 23.0 Å². The molecule has 4 nitrogen and oxygen atoms in total. The molecule has 1 rings (SSSR count). The SMILES string of the molecule is C=CCSCCNCc1csc([N+](=O)[O-])c1. The Bertz CT molecular complexity index is 352. The summed E-state index contributed by atoms with van der Waals surface area (Å²) in [6.45, 7) is 5.24. The minimum Gasteiger partial charge on any atom is -0.312 e. The second-order valence-electron chi connectivity index (χ2n) is 3.09. The van der Waals surface area contributed by atoms with E-state index in [2.05, 4.69) is 11.9 Å². The van der Waals surface area contributed by atoms with Crippen LogP contribution in [0.15, 0.2) is 24.1 Å². The Balaban J connectivity index is 2.16. The van der Waals surface area contributed by atoms with Gasteiger partial charge >= 0.3 is 5.00 Å². The van der Waals surface area contributed by atoms with Crippen LogP contribution in [-0.2, 0) is 6.54 Å². The van der Waals surface area contributed by atoms with E-state index in [0.29, 0.717) is 6.54 Å². The molecule has 0 aliphatic heterocycles. The van der Waals surface area contributed by atoms with Crippen LogP contribution in [0.25, 0.3) is 0 Å². The quantitative estimate of drug-likeness (QED) is 0.337. The van der Waals surface area contributed by atoms with Crippen LogP contribution in [0.3, 0.4) is 0 Å². The number of rotatable bonds is 8. The van der Waals surface area contributed by atoms with Gasteiger partial charge in [-0.1, -0.05) is 17.4 Å². The minimum atomic E-state index is -0.353. The predicted octanol–water partition coefficient (Wildman–Crippen LogP) is 2.67. The maximum atomic E-state index is 10.4. The molecule has 0 amide bonds. The number of nitrogens with one attached hydrogen (secondary N) is 1. The van der Waals surface area contributed by atoms with Crippen molar-refractivity contribution in [3.05, 3.63) is 39.8 Å². The Hall–Kier alpha value is -0.850. The number of hydrogen-bond donors (Lipinski definition) is 1. The van der Waals surface area contributed by atoms with Crippen molar-refractivity contribution in [1.82, 2.24) is 5.32 Å². The van der Waals surface area contributed by atoms with E-state index < -0.39 is 0 Å². The van der Waals surface area contributed by atoms with Crippen molar-refractivity contribution in [2.45, 2.75) is 6.54 Å². The van der Waals surface area contributed by atoms with Crippen molar-refractivity contribution in [1.29, 1.82) is 0 Å². The van der Waals surface area contributed by atoms with Gasteiger partial charge in [-0.05, 0) is 5.56 Å². The van der Waals surface area contributed by atoms with Gasteiger partial charge in [-0.15, -0.1) is 6.58 Å². The van der Waals surface area contributed by atoms with Gasteiger partial charge in [-0.2, -0.15) is 11.8 Å². The molecule has 88 valence electrons. The largest absolute Gasteiger partial charge is 0.324 e. The summed E-state index contributed by atoms with van der Waals surface area (Å²) in [7, 11) is 0. The highest BCUT2D eigenvalue weighted by Crippen LogP contribution is 2.22. The van der Waals surface area contributed by atoms with E-state index in [-0.39, 0.29) is 9.92 Å². The average Bonchev–Trinajstić information content (AvgIpc) is 2.72. The van der Waals surface area contributed by atoms with Gasteiger partial charge in [-0.25, -0.2) is 0 Å². The van der Waals surface area contributed by atoms with Gasteiger partial charge in [0.1, 0.15) is 0 Å². The standard InChI is InChI=1S/C10H14N2O2S2/c1-2-4-15-5-3-11-7-9-6-10(12(13)14)16-8-9/h2,6,8,11H,1,3-5,7H2. The molecule has 0 unspecified atom stereocenters. The molecule has 0 aliphatic carbocycles. The van der Waals surface area contributed by atoms with Gasteiger partial charge in [0.2, 0.25) is 0 Å². The number of nitrogens with zero attached hydrogens (tertiary/aromatic N) is 1. The first kappa shape index (κ1) is 13.2. The van der Waals surface area contributed by atoms with Crippen LogP contribution in [0.1, 0.15) is 5.56 Å². The third-order valence-electron chi connectivity index (χ3n) is 1.81. The fourth-order valence-electron chi connectivity index (χ4n) is 1.09. The molecule has 1 aromatic heterocycles. The Kier molecular flexibility index (Phi) is 6.14. The zero-order valence-electron chi connectivity index (χ0n) is 8.85. The van der Waals surface area contributed by atoms with E-state index in [0.717, 1.165) is 23.6 Å². The summed E-state index contributed by atoms with van der Waals surface area (Å²) in [6.07, 6.45) is 1.88. The lowest BCUT2D eigenvalue weighted by molar-refractivity contribution is -0.380. The molecule has 0 spiro atoms. The molecule has 6 heteroatoms. The van der Waals surface area contributed by atoms with Crippen molar-refractivity contribution in [2.75, 3.05) is 18.1 Å². The van der Waals surface area contributed by atoms with Crippen LogP contribution >= 0.6 is 23.1 Å². The molecule has 0 bridgehead atoms. The number of nitro groups is 1. The van der Waals surface area contributed by atoms with Crippen LogP contribution < -0.4 is 5.32 Å². The summed E-state index contributed by atoms with van der Waals surface area (Å²) in [5, 5.41) is 15.7. The van der Waals surface area contributed by atoms with Gasteiger partial charge < -0.3 is 5.32 Å². The lowest BCUT2D eigenvalue weighted by atomic mass is 10.3. The number of thiophene rings is 1. The van der Waals surface area contributed by atoms with Crippen molar-refractivity contribution >= 4 is 28.1 Å². The highest BCUT2D eigenvalue weighted by molar-refractivity contribution is 7.99. The lowest BCUT2D eigenvalue weighted by Gasteiger charge is -2.01. The Morgan fingerprint density at radius 2 is 2.50 bits per heavy atom. The van der Waals surface area contributed by atoms with Crippen LogP contribution in [0.5, 0.6) is 0 Å². The normalized spacial score (nSPS) is 10.2. The third-order valence-corrected chi connectivity index (χ3v) is 3.70. The third kappa shape index (κ3) is 4.78. The maximum absolute atomic E-state index is 10.4. The van der Waals surface area contributed by atoms with E-state index in [9.17, 15) is 10.1 Å². The van der Waals surface area contributed by atoms with E-state index in [1.165, 1.54) is 11.3 Å². The highest BCUT2D eigenvalue weighted by atomic mass is 32.2. The second-order valence-corrected chi connectivity index (χ2v) is 5.13. The molecule has 1 N–H and O–H groups in total. The Labute approximate surface area is 103 Å². The first-order valence-corrected chi connectivity index (χ1v) is 6.88. The summed E-state index contributed by atoms with van der Waals surface area (Å²) >= 11 is 2.98. The topological polar surface area (TPSA) is 55.2 Å². The van der Waals surface area contributed by atoms with Gasteiger partial charge in [0.15, 0.2) is 0 Å². The maximum Gasteiger partial charge on any atom is 0.324 e. The first-order chi connectivity index (χ1) is 7.74. The summed E-state index contributed by atoms with van der Waals surface area (Å²) in [5.74, 6) is 1.99. The van der Waals surface area contributed by atoms with Crippen LogP contribution in [0, 0.1) is 10.1 Å². The summed E-state index contributed by atoms with van der Waals surface area (Å²) < 4.78 is 0. The monoisotopic (exact) mass is 258 g/mol. The summed E-state index contributed by atoms with van der Waals surface area (Å²) in [6, 6.07) is 1.62. The Morgan fingerprint density at radius 3 is 3.12 bits per heavy atom.